The summed E-state index contributed by atoms with van der Waals surface area (Å²) in [6, 6.07) is 0. The van der Waals surface area contributed by atoms with E-state index in [0.717, 1.165) is 51.4 Å². The van der Waals surface area contributed by atoms with Crippen LogP contribution >= 0.6 is 0 Å². The zero-order valence-corrected chi connectivity index (χ0v) is 41.6. The summed E-state index contributed by atoms with van der Waals surface area (Å²) in [4.78, 5) is 38.0. The third-order valence-corrected chi connectivity index (χ3v) is 11.7. The lowest BCUT2D eigenvalue weighted by Gasteiger charge is -2.18. The predicted octanol–water partition coefficient (Wildman–Crippen LogP) is 17.6. The molecule has 6 heteroatoms. The van der Waals surface area contributed by atoms with E-state index in [9.17, 15) is 14.4 Å². The van der Waals surface area contributed by atoms with Crippen LogP contribution in [-0.2, 0) is 28.6 Å². The quantitative estimate of drug-likeness (QED) is 0.0262. The fourth-order valence-corrected chi connectivity index (χ4v) is 7.65. The van der Waals surface area contributed by atoms with Crippen LogP contribution < -0.4 is 0 Å². The molecule has 0 spiro atoms. The van der Waals surface area contributed by atoms with Crippen molar-refractivity contribution in [2.75, 3.05) is 13.2 Å². The van der Waals surface area contributed by atoms with Crippen LogP contribution in [0.5, 0.6) is 0 Å². The van der Waals surface area contributed by atoms with Crippen LogP contribution in [0.4, 0.5) is 0 Å². The average Bonchev–Trinajstić information content (AvgIpc) is 3.28. The molecule has 0 aliphatic heterocycles. The molecular weight excluding hydrogens is 781 g/mol. The van der Waals surface area contributed by atoms with E-state index in [0.29, 0.717) is 19.3 Å². The summed E-state index contributed by atoms with van der Waals surface area (Å²) in [5.41, 5.74) is 0. The summed E-state index contributed by atoms with van der Waals surface area (Å²) < 4.78 is 16.7. The van der Waals surface area contributed by atoms with Crippen LogP contribution in [0.15, 0.2) is 60.8 Å². The Balaban J connectivity index is 4.38. The molecule has 0 aromatic heterocycles. The lowest BCUT2D eigenvalue weighted by molar-refractivity contribution is -0.167. The molecule has 364 valence electrons. The highest BCUT2D eigenvalue weighted by Crippen LogP contribution is 2.16. The second kappa shape index (κ2) is 51.7. The van der Waals surface area contributed by atoms with Crippen molar-refractivity contribution in [2.24, 2.45) is 0 Å². The minimum absolute atomic E-state index is 0.0992. The Labute approximate surface area is 390 Å². The molecule has 0 radical (unpaired) electrons. The van der Waals surface area contributed by atoms with Crippen LogP contribution in [0.25, 0.3) is 0 Å². The van der Waals surface area contributed by atoms with Crippen LogP contribution in [0.2, 0.25) is 0 Å². The molecule has 0 bridgehead atoms. The maximum absolute atomic E-state index is 12.8. The molecule has 0 aliphatic rings. The van der Waals surface area contributed by atoms with E-state index in [-0.39, 0.29) is 37.5 Å². The van der Waals surface area contributed by atoms with Crippen LogP contribution in [0, 0.1) is 0 Å². The minimum atomic E-state index is -0.807. The van der Waals surface area contributed by atoms with Gasteiger partial charge in [0.15, 0.2) is 6.10 Å². The molecule has 0 saturated heterocycles. The van der Waals surface area contributed by atoms with Gasteiger partial charge in [0.1, 0.15) is 13.2 Å². The topological polar surface area (TPSA) is 78.9 Å². The van der Waals surface area contributed by atoms with Gasteiger partial charge in [-0.25, -0.2) is 0 Å². The van der Waals surface area contributed by atoms with Gasteiger partial charge in [-0.3, -0.25) is 14.4 Å². The number of ether oxygens (including phenoxy) is 3. The Hall–Kier alpha value is -2.89. The van der Waals surface area contributed by atoms with Crippen molar-refractivity contribution in [1.29, 1.82) is 0 Å². The van der Waals surface area contributed by atoms with Gasteiger partial charge in [-0.15, -0.1) is 0 Å². The highest BCUT2D eigenvalue weighted by atomic mass is 16.6. The van der Waals surface area contributed by atoms with Crippen molar-refractivity contribution < 1.29 is 28.6 Å². The summed E-state index contributed by atoms with van der Waals surface area (Å²) in [6.45, 7) is 6.46. The molecule has 6 nitrogen and oxygen atoms in total. The molecule has 0 aliphatic carbocycles. The van der Waals surface area contributed by atoms with Gasteiger partial charge in [-0.2, -0.15) is 0 Å². The van der Waals surface area contributed by atoms with Gasteiger partial charge in [0.25, 0.3) is 0 Å². The van der Waals surface area contributed by atoms with Crippen molar-refractivity contribution in [2.45, 2.75) is 271 Å². The largest absolute Gasteiger partial charge is 0.462 e. The normalized spacial score (nSPS) is 12.5. The van der Waals surface area contributed by atoms with Gasteiger partial charge < -0.3 is 14.2 Å². The van der Waals surface area contributed by atoms with Crippen LogP contribution in [0.3, 0.4) is 0 Å². The second-order valence-corrected chi connectivity index (χ2v) is 17.9. The highest BCUT2D eigenvalue weighted by Gasteiger charge is 2.19. The van der Waals surface area contributed by atoms with Gasteiger partial charge in [0, 0.05) is 19.3 Å². The molecule has 0 N–H and O–H groups in total. The number of hydrogen-bond donors (Lipinski definition) is 0. The Morgan fingerprint density at radius 2 is 0.619 bits per heavy atom. The summed E-state index contributed by atoms with van der Waals surface area (Å²) in [5, 5.41) is 0. The third-order valence-electron chi connectivity index (χ3n) is 11.7. The first-order chi connectivity index (χ1) is 31.0. The molecule has 0 aromatic rings. The van der Waals surface area contributed by atoms with Gasteiger partial charge in [-0.05, 0) is 32.1 Å². The first-order valence-electron chi connectivity index (χ1n) is 26.9. The fraction of sp³-hybridized carbons (Fsp3) is 0.772. The summed E-state index contributed by atoms with van der Waals surface area (Å²) in [6.07, 6.45) is 63.6. The zero-order valence-electron chi connectivity index (χ0n) is 41.6. The lowest BCUT2D eigenvalue weighted by atomic mass is 10.0. The number of allylic oxidation sites excluding steroid dienone is 10. The van der Waals surface area contributed by atoms with Crippen LogP contribution in [0.1, 0.15) is 265 Å². The molecule has 0 heterocycles. The average molecular weight is 881 g/mol. The number of hydrogen-bond acceptors (Lipinski definition) is 6. The zero-order chi connectivity index (χ0) is 45.8. The van der Waals surface area contributed by atoms with Gasteiger partial charge in [-0.1, -0.05) is 274 Å². The SMILES string of the molecule is CC\C=C/C=C\C=C/C=C\C=C/CCCC(=O)OC(COC(=O)CCCCCCCCCCCCCCC)COC(=O)CCCCCCCCCCCCCCCCCCCCC. The molecule has 1 atom stereocenters. The molecule has 1 unspecified atom stereocenters. The Morgan fingerprint density at radius 3 is 0.952 bits per heavy atom. The summed E-state index contributed by atoms with van der Waals surface area (Å²) in [5.74, 6) is -0.964. The van der Waals surface area contributed by atoms with E-state index in [1.807, 2.05) is 54.7 Å². The standard InChI is InChI=1S/C57H100O6/c1-4-7-10-13-16-19-22-25-26-27-28-29-30-33-35-38-41-44-47-50-56(59)62-53-54(63-57(60)51-48-45-42-39-36-32-24-21-18-15-12-9-6-3)52-61-55(58)49-46-43-40-37-34-31-23-20-17-14-11-8-5-2/h9,12,15,18,21,24,32,36,39,42,54H,4-8,10-11,13-14,16-17,19-20,22-23,25-31,33-35,37-38,40-41,43-53H2,1-3H3/b12-9-,18-15-,24-21-,36-32-,42-39-. The molecule has 0 aromatic carbocycles. The summed E-state index contributed by atoms with van der Waals surface area (Å²) in [7, 11) is 0. The fourth-order valence-electron chi connectivity index (χ4n) is 7.65. The van der Waals surface area contributed by atoms with E-state index < -0.39 is 6.10 Å². The molecule has 0 rings (SSSR count). The van der Waals surface area contributed by atoms with Crippen molar-refractivity contribution in [3.05, 3.63) is 60.8 Å². The Bertz CT molecular complexity index is 1150. The first-order valence-corrected chi connectivity index (χ1v) is 26.9. The Kier molecular flexibility index (Phi) is 49.4. The van der Waals surface area contributed by atoms with Gasteiger partial charge in [0.2, 0.25) is 0 Å². The predicted molar refractivity (Wildman–Crippen MR) is 270 cm³/mol. The number of unbranched alkanes of at least 4 members (excludes halogenated alkanes) is 31. The van der Waals surface area contributed by atoms with Gasteiger partial charge >= 0.3 is 17.9 Å². The Morgan fingerprint density at radius 1 is 0.333 bits per heavy atom. The minimum Gasteiger partial charge on any atom is -0.462 e. The molecule has 0 saturated carbocycles. The van der Waals surface area contributed by atoms with Crippen molar-refractivity contribution in [3.8, 4) is 0 Å². The molecule has 0 fully saturated rings. The van der Waals surface area contributed by atoms with Crippen molar-refractivity contribution >= 4 is 17.9 Å². The second-order valence-electron chi connectivity index (χ2n) is 17.9. The van der Waals surface area contributed by atoms with Crippen LogP contribution in [-0.4, -0.2) is 37.2 Å². The smallest absolute Gasteiger partial charge is 0.306 e. The highest BCUT2D eigenvalue weighted by molar-refractivity contribution is 5.71. The van der Waals surface area contributed by atoms with Crippen molar-refractivity contribution in [1.82, 2.24) is 0 Å². The third kappa shape index (κ3) is 50.0. The number of rotatable bonds is 48. The van der Waals surface area contributed by atoms with E-state index in [1.54, 1.807) is 0 Å². The number of carbonyl (C=O) groups excluding carboxylic acids is 3. The van der Waals surface area contributed by atoms with E-state index in [2.05, 4.69) is 26.8 Å². The van der Waals surface area contributed by atoms with Gasteiger partial charge in [0.05, 0.1) is 0 Å². The molecule has 0 amide bonds. The van der Waals surface area contributed by atoms with E-state index in [1.165, 1.54) is 167 Å². The first kappa shape index (κ1) is 60.1. The lowest BCUT2D eigenvalue weighted by Crippen LogP contribution is -2.30. The molecular formula is C57H100O6. The summed E-state index contributed by atoms with van der Waals surface area (Å²) >= 11 is 0. The van der Waals surface area contributed by atoms with E-state index >= 15 is 0 Å². The maximum atomic E-state index is 12.8. The monoisotopic (exact) mass is 881 g/mol. The number of carbonyl (C=O) groups is 3. The number of esters is 3. The van der Waals surface area contributed by atoms with Crippen molar-refractivity contribution in [3.63, 3.8) is 0 Å². The maximum Gasteiger partial charge on any atom is 0.306 e. The van der Waals surface area contributed by atoms with E-state index in [4.69, 9.17) is 14.2 Å². The molecule has 63 heavy (non-hydrogen) atoms.